The van der Waals surface area contributed by atoms with Crippen LogP contribution in [0.25, 0.3) is 0 Å². The lowest BCUT2D eigenvalue weighted by molar-refractivity contribution is -0.143. The van der Waals surface area contributed by atoms with Crippen LogP contribution in [0.5, 0.6) is 0 Å². The summed E-state index contributed by atoms with van der Waals surface area (Å²) in [4.78, 5) is 19.3. The molecule has 2 rings (SSSR count). The number of guanidine groups is 1. The van der Waals surface area contributed by atoms with E-state index in [9.17, 15) is 4.79 Å². The molecule has 6 nitrogen and oxygen atoms in total. The highest BCUT2D eigenvalue weighted by Crippen LogP contribution is 2.28. The second-order valence-corrected chi connectivity index (χ2v) is 5.12. The maximum absolute atomic E-state index is 10.9. The van der Waals surface area contributed by atoms with Crippen LogP contribution in [-0.2, 0) is 4.79 Å². The van der Waals surface area contributed by atoms with Gasteiger partial charge in [-0.1, -0.05) is 6.07 Å². The topological polar surface area (TPSA) is 101 Å². The van der Waals surface area contributed by atoms with E-state index in [1.165, 1.54) is 0 Å². The molecule has 1 aromatic rings. The lowest BCUT2D eigenvalue weighted by Gasteiger charge is -2.24. The SMILES string of the molecule is Cl.Cl.NC(=NCC1CCC(C(=O)O)CC1)Nc1ccccn1. The van der Waals surface area contributed by atoms with E-state index in [1.54, 1.807) is 6.20 Å². The highest BCUT2D eigenvalue weighted by atomic mass is 35.5. The normalized spacial score (nSPS) is 21.2. The molecule has 0 atom stereocenters. The van der Waals surface area contributed by atoms with Gasteiger partial charge in [-0.15, -0.1) is 24.8 Å². The van der Waals surface area contributed by atoms with Crippen LogP contribution in [0.4, 0.5) is 5.82 Å². The first kappa shape index (κ1) is 20.5. The Balaban J connectivity index is 0.00000220. The number of carboxylic acids is 1. The van der Waals surface area contributed by atoms with Gasteiger partial charge in [0.2, 0.25) is 0 Å². The number of halogens is 2. The lowest BCUT2D eigenvalue weighted by atomic mass is 9.82. The third kappa shape index (κ3) is 6.49. The zero-order valence-corrected chi connectivity index (χ0v) is 13.8. The predicted molar refractivity (Wildman–Crippen MR) is 91.9 cm³/mol. The molecule has 1 aliphatic rings. The molecule has 0 amide bonds. The van der Waals surface area contributed by atoms with Gasteiger partial charge in [0.05, 0.1) is 5.92 Å². The number of aliphatic carboxylic acids is 1. The molecular weight excluding hydrogens is 327 g/mol. The molecule has 1 heterocycles. The summed E-state index contributed by atoms with van der Waals surface area (Å²) in [6, 6.07) is 5.52. The summed E-state index contributed by atoms with van der Waals surface area (Å²) in [6.45, 7) is 0.637. The number of hydrogen-bond donors (Lipinski definition) is 3. The summed E-state index contributed by atoms with van der Waals surface area (Å²) in [5.41, 5.74) is 5.80. The number of aliphatic imine (C=N–C) groups is 1. The van der Waals surface area contributed by atoms with E-state index in [2.05, 4.69) is 15.3 Å². The van der Waals surface area contributed by atoms with Gasteiger partial charge in [-0.2, -0.15) is 0 Å². The predicted octanol–water partition coefficient (Wildman–Crippen LogP) is 2.54. The minimum Gasteiger partial charge on any atom is -0.481 e. The third-order valence-electron chi connectivity index (χ3n) is 3.64. The van der Waals surface area contributed by atoms with Gasteiger partial charge in [0, 0.05) is 12.7 Å². The van der Waals surface area contributed by atoms with Crippen LogP contribution in [-0.4, -0.2) is 28.6 Å². The molecule has 0 radical (unpaired) electrons. The van der Waals surface area contributed by atoms with Crippen LogP contribution in [0.3, 0.4) is 0 Å². The quantitative estimate of drug-likeness (QED) is 0.573. The number of carboxylic acid groups (broad SMARTS) is 1. The zero-order valence-electron chi connectivity index (χ0n) is 12.1. The Kier molecular flexibility index (Phi) is 9.53. The molecule has 4 N–H and O–H groups in total. The Morgan fingerprint density at radius 2 is 2.00 bits per heavy atom. The number of anilines is 1. The summed E-state index contributed by atoms with van der Waals surface area (Å²) in [5, 5.41) is 11.9. The number of nitrogens with zero attached hydrogens (tertiary/aromatic N) is 2. The standard InChI is InChI=1S/C14H20N4O2.2ClH/c15-14(18-12-3-1-2-8-16-12)17-9-10-4-6-11(7-5-10)13(19)20;;/h1-3,8,10-11H,4-7,9H2,(H,19,20)(H3,15,16,17,18);2*1H. The van der Waals surface area contributed by atoms with Crippen LogP contribution < -0.4 is 11.1 Å². The molecule has 1 aliphatic carbocycles. The second-order valence-electron chi connectivity index (χ2n) is 5.12. The fourth-order valence-corrected chi connectivity index (χ4v) is 2.43. The smallest absolute Gasteiger partial charge is 0.306 e. The molecule has 0 aromatic carbocycles. The molecule has 1 saturated carbocycles. The maximum Gasteiger partial charge on any atom is 0.306 e. The molecule has 0 bridgehead atoms. The minimum atomic E-state index is -0.678. The van der Waals surface area contributed by atoms with Crippen molar-refractivity contribution in [2.75, 3.05) is 11.9 Å². The summed E-state index contributed by atoms with van der Waals surface area (Å²) in [6.07, 6.45) is 4.96. The van der Waals surface area contributed by atoms with Crippen molar-refractivity contribution in [3.63, 3.8) is 0 Å². The first-order valence-corrected chi connectivity index (χ1v) is 6.86. The molecule has 124 valence electrons. The average molecular weight is 349 g/mol. The molecule has 0 saturated heterocycles. The maximum atomic E-state index is 10.9. The highest BCUT2D eigenvalue weighted by molar-refractivity contribution is 5.91. The molecule has 22 heavy (non-hydrogen) atoms. The molecule has 0 spiro atoms. The Bertz CT molecular complexity index is 477. The molecule has 0 aliphatic heterocycles. The second kappa shape index (κ2) is 10.2. The van der Waals surface area contributed by atoms with Gasteiger partial charge in [-0.25, -0.2) is 4.98 Å². The summed E-state index contributed by atoms with van der Waals surface area (Å²) in [7, 11) is 0. The number of nitrogens with two attached hydrogens (primary N) is 1. The molecular formula is C14H22Cl2N4O2. The van der Waals surface area contributed by atoms with E-state index < -0.39 is 5.97 Å². The van der Waals surface area contributed by atoms with Gasteiger partial charge in [0.15, 0.2) is 5.96 Å². The van der Waals surface area contributed by atoms with Gasteiger partial charge in [0.25, 0.3) is 0 Å². The third-order valence-corrected chi connectivity index (χ3v) is 3.64. The minimum absolute atomic E-state index is 0. The largest absolute Gasteiger partial charge is 0.481 e. The molecule has 0 unspecified atom stereocenters. The van der Waals surface area contributed by atoms with Crippen molar-refractivity contribution in [1.29, 1.82) is 0 Å². The van der Waals surface area contributed by atoms with Crippen molar-refractivity contribution >= 4 is 42.6 Å². The summed E-state index contributed by atoms with van der Waals surface area (Å²) in [5.74, 6) is 0.588. The molecule has 1 fully saturated rings. The van der Waals surface area contributed by atoms with Gasteiger partial charge < -0.3 is 16.2 Å². The van der Waals surface area contributed by atoms with E-state index in [1.807, 2.05) is 18.2 Å². The van der Waals surface area contributed by atoms with Crippen molar-refractivity contribution < 1.29 is 9.90 Å². The van der Waals surface area contributed by atoms with E-state index in [0.29, 0.717) is 24.2 Å². The van der Waals surface area contributed by atoms with Crippen LogP contribution >= 0.6 is 24.8 Å². The van der Waals surface area contributed by atoms with Crippen LogP contribution in [0, 0.1) is 11.8 Å². The lowest BCUT2D eigenvalue weighted by Crippen LogP contribution is -2.26. The van der Waals surface area contributed by atoms with Gasteiger partial charge in [-0.05, 0) is 43.7 Å². The van der Waals surface area contributed by atoms with E-state index in [0.717, 1.165) is 25.7 Å². The number of pyridine rings is 1. The van der Waals surface area contributed by atoms with Crippen LogP contribution in [0.2, 0.25) is 0 Å². The monoisotopic (exact) mass is 348 g/mol. The Morgan fingerprint density at radius 3 is 2.55 bits per heavy atom. The van der Waals surface area contributed by atoms with Crippen molar-refractivity contribution in [2.45, 2.75) is 25.7 Å². The highest BCUT2D eigenvalue weighted by Gasteiger charge is 2.25. The summed E-state index contributed by atoms with van der Waals surface area (Å²) >= 11 is 0. The first-order chi connectivity index (χ1) is 9.65. The number of carbonyl (C=O) groups is 1. The Hall–Kier alpha value is -1.53. The van der Waals surface area contributed by atoms with Crippen LogP contribution in [0.1, 0.15) is 25.7 Å². The fraction of sp³-hybridized carbons (Fsp3) is 0.500. The van der Waals surface area contributed by atoms with E-state index in [-0.39, 0.29) is 30.7 Å². The van der Waals surface area contributed by atoms with Gasteiger partial charge >= 0.3 is 5.97 Å². The van der Waals surface area contributed by atoms with E-state index >= 15 is 0 Å². The number of rotatable bonds is 4. The number of hydrogen-bond acceptors (Lipinski definition) is 3. The number of nitrogens with one attached hydrogen (secondary N) is 1. The average Bonchev–Trinajstić information content (AvgIpc) is 2.46. The molecule has 1 aromatic heterocycles. The Labute approximate surface area is 142 Å². The van der Waals surface area contributed by atoms with Crippen molar-refractivity contribution in [2.24, 2.45) is 22.6 Å². The number of aromatic nitrogens is 1. The van der Waals surface area contributed by atoms with Gasteiger partial charge in [0.1, 0.15) is 5.82 Å². The van der Waals surface area contributed by atoms with Crippen molar-refractivity contribution in [3.8, 4) is 0 Å². The fourth-order valence-electron chi connectivity index (χ4n) is 2.43. The first-order valence-electron chi connectivity index (χ1n) is 6.86. The Morgan fingerprint density at radius 1 is 1.32 bits per heavy atom. The van der Waals surface area contributed by atoms with Crippen molar-refractivity contribution in [1.82, 2.24) is 4.98 Å². The summed E-state index contributed by atoms with van der Waals surface area (Å²) < 4.78 is 0. The zero-order chi connectivity index (χ0) is 14.4. The molecule has 8 heteroatoms. The van der Waals surface area contributed by atoms with Crippen molar-refractivity contribution in [3.05, 3.63) is 24.4 Å². The van der Waals surface area contributed by atoms with E-state index in [4.69, 9.17) is 10.8 Å². The van der Waals surface area contributed by atoms with Gasteiger partial charge in [-0.3, -0.25) is 9.79 Å². The van der Waals surface area contributed by atoms with Crippen LogP contribution in [0.15, 0.2) is 29.4 Å².